The molecule has 0 radical (unpaired) electrons. The van der Waals surface area contributed by atoms with Gasteiger partial charge in [-0.1, -0.05) is 17.8 Å². The second-order valence-corrected chi connectivity index (χ2v) is 9.92. The van der Waals surface area contributed by atoms with Gasteiger partial charge in [0.15, 0.2) is 16.2 Å². The maximum Gasteiger partial charge on any atom is 0.327 e. The number of likely N-dealkylation sites (N-methyl/N-ethyl adjacent to an activating group) is 1. The van der Waals surface area contributed by atoms with E-state index in [2.05, 4.69) is 4.90 Å². The zero-order chi connectivity index (χ0) is 23.7. The standard InChI is InChI=1S/C23H25N3O5S2/c1-5-31-22(29)19(13(2)27)33-23-24-20-18(16-9-10-25(3)12-17(16)32-20)21(28)26(23)14-7-6-8-15(11-14)30-4/h6-8,11,19H,5,9-10,12H2,1-4H3. The molecule has 1 aliphatic rings. The molecule has 1 atom stereocenters. The van der Waals surface area contributed by atoms with E-state index in [1.807, 2.05) is 7.05 Å². The zero-order valence-electron chi connectivity index (χ0n) is 18.9. The average Bonchev–Trinajstić information content (AvgIpc) is 3.14. The number of rotatable bonds is 7. The second kappa shape index (κ2) is 9.66. The van der Waals surface area contributed by atoms with Crippen molar-refractivity contribution in [1.82, 2.24) is 14.5 Å². The van der Waals surface area contributed by atoms with Crippen LogP contribution in [0.1, 0.15) is 24.3 Å². The molecule has 2 aromatic heterocycles. The van der Waals surface area contributed by atoms with E-state index in [-0.39, 0.29) is 23.1 Å². The number of hydrogen-bond acceptors (Lipinski definition) is 9. The number of ketones is 1. The van der Waals surface area contributed by atoms with E-state index < -0.39 is 11.2 Å². The van der Waals surface area contributed by atoms with Gasteiger partial charge < -0.3 is 14.4 Å². The van der Waals surface area contributed by atoms with Crippen molar-refractivity contribution in [3.05, 3.63) is 45.1 Å². The van der Waals surface area contributed by atoms with E-state index in [0.717, 1.165) is 41.7 Å². The number of carbonyl (C=O) groups excluding carboxylic acids is 2. The van der Waals surface area contributed by atoms with E-state index in [0.29, 0.717) is 21.7 Å². The van der Waals surface area contributed by atoms with Crippen molar-refractivity contribution in [1.29, 1.82) is 0 Å². The van der Waals surface area contributed by atoms with E-state index in [1.54, 1.807) is 38.3 Å². The monoisotopic (exact) mass is 487 g/mol. The largest absolute Gasteiger partial charge is 0.497 e. The van der Waals surface area contributed by atoms with Crippen LogP contribution in [0.15, 0.2) is 34.2 Å². The van der Waals surface area contributed by atoms with Crippen LogP contribution in [0.3, 0.4) is 0 Å². The fourth-order valence-electron chi connectivity index (χ4n) is 3.83. The van der Waals surface area contributed by atoms with Crippen LogP contribution in [-0.4, -0.2) is 58.8 Å². The van der Waals surface area contributed by atoms with Crippen LogP contribution in [0.4, 0.5) is 0 Å². The van der Waals surface area contributed by atoms with Crippen LogP contribution in [0.5, 0.6) is 5.75 Å². The molecule has 4 rings (SSSR count). The minimum Gasteiger partial charge on any atom is -0.497 e. The molecule has 0 saturated heterocycles. The summed E-state index contributed by atoms with van der Waals surface area (Å²) in [6, 6.07) is 7.08. The van der Waals surface area contributed by atoms with Gasteiger partial charge in [-0.2, -0.15) is 0 Å². The highest BCUT2D eigenvalue weighted by Crippen LogP contribution is 2.35. The second-order valence-electron chi connectivity index (χ2n) is 7.77. The van der Waals surface area contributed by atoms with E-state index in [9.17, 15) is 14.4 Å². The Morgan fingerprint density at radius 2 is 2.12 bits per heavy atom. The molecule has 0 aliphatic carbocycles. The van der Waals surface area contributed by atoms with Gasteiger partial charge in [0.25, 0.3) is 5.56 Å². The van der Waals surface area contributed by atoms with E-state index in [4.69, 9.17) is 14.5 Å². The maximum atomic E-state index is 13.9. The Bertz CT molecular complexity index is 1280. The molecule has 0 amide bonds. The number of benzene rings is 1. The first-order chi connectivity index (χ1) is 15.8. The number of aromatic nitrogens is 2. The molecule has 3 heterocycles. The highest BCUT2D eigenvalue weighted by molar-refractivity contribution is 8.01. The summed E-state index contributed by atoms with van der Waals surface area (Å²) in [6.07, 6.45) is 0.770. The number of nitrogens with zero attached hydrogens (tertiary/aromatic N) is 3. The molecular weight excluding hydrogens is 462 g/mol. The third kappa shape index (κ3) is 4.55. The molecule has 0 saturated carbocycles. The fourth-order valence-corrected chi connectivity index (χ4v) is 6.16. The van der Waals surface area contributed by atoms with Crippen molar-refractivity contribution in [2.75, 3.05) is 27.3 Å². The van der Waals surface area contributed by atoms with Crippen molar-refractivity contribution >= 4 is 45.1 Å². The Morgan fingerprint density at radius 1 is 1.33 bits per heavy atom. The van der Waals surface area contributed by atoms with Crippen LogP contribution in [0.2, 0.25) is 0 Å². The fraction of sp³-hybridized carbons (Fsp3) is 0.391. The predicted octanol–water partition coefficient (Wildman–Crippen LogP) is 3.06. The highest BCUT2D eigenvalue weighted by Gasteiger charge is 2.30. The van der Waals surface area contributed by atoms with Gasteiger partial charge in [0.1, 0.15) is 10.6 Å². The Hall–Kier alpha value is -2.69. The van der Waals surface area contributed by atoms with Crippen molar-refractivity contribution in [2.45, 2.75) is 37.2 Å². The number of methoxy groups -OCH3 is 1. The first kappa shape index (κ1) is 23.5. The number of carbonyl (C=O) groups is 2. The molecule has 3 aromatic rings. The molecule has 10 heteroatoms. The molecule has 1 aromatic carbocycles. The average molecular weight is 488 g/mol. The predicted molar refractivity (Wildman–Crippen MR) is 129 cm³/mol. The van der Waals surface area contributed by atoms with Crippen LogP contribution in [-0.2, 0) is 27.3 Å². The molecule has 0 N–H and O–H groups in total. The van der Waals surface area contributed by atoms with Gasteiger partial charge >= 0.3 is 5.97 Å². The van der Waals surface area contributed by atoms with Crippen LogP contribution < -0.4 is 10.3 Å². The quantitative estimate of drug-likeness (QED) is 0.217. The minimum atomic E-state index is -1.12. The highest BCUT2D eigenvalue weighted by atomic mass is 32.2. The molecular formula is C23H25N3O5S2. The SMILES string of the molecule is CCOC(=O)C(Sc1nc2sc3c(c2c(=O)n1-c1cccc(OC)c1)CCN(C)C3)C(C)=O. The summed E-state index contributed by atoms with van der Waals surface area (Å²) in [4.78, 5) is 47.4. The summed E-state index contributed by atoms with van der Waals surface area (Å²) in [6.45, 7) is 4.80. The van der Waals surface area contributed by atoms with Crippen molar-refractivity contribution in [3.63, 3.8) is 0 Å². The molecule has 0 spiro atoms. The normalized spacial score (nSPS) is 14.7. The lowest BCUT2D eigenvalue weighted by molar-refractivity contribution is -0.144. The molecule has 1 unspecified atom stereocenters. The Kier molecular flexibility index (Phi) is 6.87. The number of thiophene rings is 1. The Labute approximate surface area is 199 Å². The van der Waals surface area contributed by atoms with Crippen molar-refractivity contribution in [3.8, 4) is 11.4 Å². The van der Waals surface area contributed by atoms with Crippen molar-refractivity contribution in [2.24, 2.45) is 0 Å². The van der Waals surface area contributed by atoms with Gasteiger partial charge in [-0.05, 0) is 45.0 Å². The Balaban J connectivity index is 1.94. The van der Waals surface area contributed by atoms with E-state index in [1.165, 1.54) is 22.8 Å². The smallest absolute Gasteiger partial charge is 0.327 e. The summed E-state index contributed by atoms with van der Waals surface area (Å²) in [5, 5.41) is -0.251. The Morgan fingerprint density at radius 3 is 2.82 bits per heavy atom. The van der Waals surface area contributed by atoms with E-state index >= 15 is 0 Å². The van der Waals surface area contributed by atoms with Crippen LogP contribution in [0.25, 0.3) is 15.9 Å². The lowest BCUT2D eigenvalue weighted by Gasteiger charge is -2.22. The summed E-state index contributed by atoms with van der Waals surface area (Å²) in [7, 11) is 3.60. The minimum absolute atomic E-state index is 0.156. The molecule has 8 nitrogen and oxygen atoms in total. The van der Waals surface area contributed by atoms with Gasteiger partial charge in [0.2, 0.25) is 0 Å². The third-order valence-corrected chi connectivity index (χ3v) is 7.79. The molecule has 0 bridgehead atoms. The topological polar surface area (TPSA) is 90.7 Å². The van der Waals surface area contributed by atoms with Gasteiger partial charge in [0, 0.05) is 24.0 Å². The lowest BCUT2D eigenvalue weighted by atomic mass is 10.1. The summed E-state index contributed by atoms with van der Waals surface area (Å²) >= 11 is 2.43. The number of esters is 1. The van der Waals surface area contributed by atoms with Gasteiger partial charge in [-0.15, -0.1) is 11.3 Å². The van der Waals surface area contributed by atoms with Crippen molar-refractivity contribution < 1.29 is 19.1 Å². The number of Topliss-reactive ketones (excluding diaryl/α,β-unsaturated/α-hetero) is 1. The van der Waals surface area contributed by atoms with Crippen LogP contribution in [0, 0.1) is 0 Å². The summed E-state index contributed by atoms with van der Waals surface area (Å²) < 4.78 is 11.9. The number of hydrogen-bond donors (Lipinski definition) is 0. The number of fused-ring (bicyclic) bond motifs is 3. The maximum absolute atomic E-state index is 13.9. The summed E-state index contributed by atoms with van der Waals surface area (Å²) in [5.74, 6) is -0.427. The molecule has 33 heavy (non-hydrogen) atoms. The third-order valence-electron chi connectivity index (χ3n) is 5.44. The van der Waals surface area contributed by atoms with Crippen LogP contribution >= 0.6 is 23.1 Å². The number of thioether (sulfide) groups is 1. The number of ether oxygens (including phenoxy) is 2. The first-order valence-electron chi connectivity index (χ1n) is 10.6. The zero-order valence-corrected chi connectivity index (χ0v) is 20.5. The molecule has 0 fully saturated rings. The first-order valence-corrected chi connectivity index (χ1v) is 12.3. The van der Waals surface area contributed by atoms with Gasteiger partial charge in [0.05, 0.1) is 24.8 Å². The lowest BCUT2D eigenvalue weighted by Crippen LogP contribution is -2.30. The van der Waals surface area contributed by atoms with Gasteiger partial charge in [-0.25, -0.2) is 4.98 Å². The molecule has 174 valence electrons. The molecule has 1 aliphatic heterocycles. The summed E-state index contributed by atoms with van der Waals surface area (Å²) in [5.41, 5.74) is 1.37. The van der Waals surface area contributed by atoms with Gasteiger partial charge in [-0.3, -0.25) is 19.0 Å².